The number of nitrogens with one attached hydrogen (secondary N) is 1. The maximum absolute atomic E-state index is 11.0. The molecule has 0 rings (SSSR count). The van der Waals surface area contributed by atoms with Gasteiger partial charge in [-0.05, 0) is 6.92 Å². The van der Waals surface area contributed by atoms with Gasteiger partial charge in [-0.15, -0.1) is 0 Å². The lowest BCUT2D eigenvalue weighted by Gasteiger charge is -2.21. The lowest BCUT2D eigenvalue weighted by atomic mass is 10.3. The average Bonchev–Trinajstić information content (AvgIpc) is 2.00. The van der Waals surface area contributed by atoms with E-state index in [1.54, 1.807) is 21.0 Å². The Morgan fingerprint density at radius 3 is 2.08 bits per heavy atom. The molecule has 0 fully saturated rings. The monoisotopic (exact) mass is 174 g/mol. The highest BCUT2D eigenvalue weighted by Gasteiger charge is 2.17. The molecule has 12 heavy (non-hydrogen) atoms. The number of carbonyl (C=O) groups excluding carboxylic acids is 2. The van der Waals surface area contributed by atoms with Crippen molar-refractivity contribution in [2.24, 2.45) is 0 Å². The molecule has 0 heterocycles. The van der Waals surface area contributed by atoms with Crippen LogP contribution in [-0.2, 0) is 9.59 Å². The van der Waals surface area contributed by atoms with Crippen LogP contribution in [0.25, 0.3) is 0 Å². The Balaban J connectivity index is 0. The zero-order valence-electron chi connectivity index (χ0n) is 7.34. The molecule has 1 N–H and O–H groups in total. The summed E-state index contributed by atoms with van der Waals surface area (Å²) in [6.45, 7) is 3.11. The highest BCUT2D eigenvalue weighted by Crippen LogP contribution is 1.94. The molecule has 2 amide bonds. The van der Waals surface area contributed by atoms with Gasteiger partial charge in [-0.25, -0.2) is 0 Å². The molecule has 4 heteroatoms. The Bertz CT molecular complexity index is 168. The van der Waals surface area contributed by atoms with Crippen molar-refractivity contribution in [2.75, 3.05) is 14.1 Å². The van der Waals surface area contributed by atoms with Gasteiger partial charge in [0.2, 0.25) is 11.8 Å². The number of likely N-dealkylation sites (N-methyl/N-ethyl adjacent to an activating group) is 2. The van der Waals surface area contributed by atoms with Gasteiger partial charge in [-0.2, -0.15) is 0 Å². The molecule has 0 saturated heterocycles. The number of nitrogens with zero attached hydrogens (tertiary/aromatic N) is 1. The Kier molecular flexibility index (Phi) is 6.28. The van der Waals surface area contributed by atoms with Gasteiger partial charge in [-0.3, -0.25) is 9.59 Å². The van der Waals surface area contributed by atoms with Crippen molar-refractivity contribution in [3.8, 4) is 0 Å². The SMILES string of the molecule is C.CNC(=O)C(C)N(C)C(C)=O. The van der Waals surface area contributed by atoms with Crippen molar-refractivity contribution < 1.29 is 9.59 Å². The topological polar surface area (TPSA) is 49.4 Å². The first-order valence-corrected chi connectivity index (χ1v) is 3.45. The summed E-state index contributed by atoms with van der Waals surface area (Å²) >= 11 is 0. The molecule has 4 nitrogen and oxygen atoms in total. The predicted molar refractivity (Wildman–Crippen MR) is 48.7 cm³/mol. The molecule has 72 valence electrons. The largest absolute Gasteiger partial charge is 0.357 e. The quantitative estimate of drug-likeness (QED) is 0.651. The van der Waals surface area contributed by atoms with Crippen molar-refractivity contribution >= 4 is 11.8 Å². The summed E-state index contributed by atoms with van der Waals surface area (Å²) in [7, 11) is 3.15. The summed E-state index contributed by atoms with van der Waals surface area (Å²) < 4.78 is 0. The highest BCUT2D eigenvalue weighted by molar-refractivity contribution is 5.86. The van der Waals surface area contributed by atoms with E-state index in [0.29, 0.717) is 0 Å². The highest BCUT2D eigenvalue weighted by atomic mass is 16.2. The molecular formula is C8H18N2O2. The van der Waals surface area contributed by atoms with Gasteiger partial charge in [0, 0.05) is 21.0 Å². The first-order valence-electron chi connectivity index (χ1n) is 3.45. The van der Waals surface area contributed by atoms with Crippen LogP contribution >= 0.6 is 0 Å². The zero-order chi connectivity index (χ0) is 9.02. The third-order valence-electron chi connectivity index (χ3n) is 1.70. The van der Waals surface area contributed by atoms with Crippen molar-refractivity contribution in [1.29, 1.82) is 0 Å². The van der Waals surface area contributed by atoms with Crippen molar-refractivity contribution in [1.82, 2.24) is 10.2 Å². The van der Waals surface area contributed by atoms with E-state index in [4.69, 9.17) is 0 Å². The van der Waals surface area contributed by atoms with Gasteiger partial charge >= 0.3 is 0 Å². The Hall–Kier alpha value is -1.06. The third-order valence-corrected chi connectivity index (χ3v) is 1.70. The van der Waals surface area contributed by atoms with Crippen LogP contribution in [0.15, 0.2) is 0 Å². The van der Waals surface area contributed by atoms with Gasteiger partial charge in [0.15, 0.2) is 0 Å². The van der Waals surface area contributed by atoms with Gasteiger partial charge in [0.05, 0.1) is 0 Å². The molecular weight excluding hydrogens is 156 g/mol. The Labute approximate surface area is 73.9 Å². The second-order valence-corrected chi connectivity index (χ2v) is 2.42. The fourth-order valence-corrected chi connectivity index (χ4v) is 0.657. The van der Waals surface area contributed by atoms with E-state index in [9.17, 15) is 9.59 Å². The predicted octanol–water partition coefficient (Wildman–Crippen LogP) is 0.235. The number of amides is 2. The minimum Gasteiger partial charge on any atom is -0.357 e. The van der Waals surface area contributed by atoms with Crippen molar-refractivity contribution in [2.45, 2.75) is 27.3 Å². The second-order valence-electron chi connectivity index (χ2n) is 2.42. The van der Waals surface area contributed by atoms with E-state index in [1.165, 1.54) is 11.8 Å². The molecule has 0 radical (unpaired) electrons. The second kappa shape index (κ2) is 5.57. The molecule has 0 spiro atoms. The van der Waals surface area contributed by atoms with Crippen molar-refractivity contribution in [3.63, 3.8) is 0 Å². The van der Waals surface area contributed by atoms with Crippen molar-refractivity contribution in [3.05, 3.63) is 0 Å². The van der Waals surface area contributed by atoms with Crippen LogP contribution in [0.2, 0.25) is 0 Å². The number of carbonyl (C=O) groups is 2. The summed E-state index contributed by atoms with van der Waals surface area (Å²) in [6, 6.07) is -0.391. The van der Waals surface area contributed by atoms with E-state index >= 15 is 0 Å². The molecule has 1 atom stereocenters. The fourth-order valence-electron chi connectivity index (χ4n) is 0.657. The van der Waals surface area contributed by atoms with Gasteiger partial charge < -0.3 is 10.2 Å². The minimum atomic E-state index is -0.391. The normalized spacial score (nSPS) is 11.0. The maximum Gasteiger partial charge on any atom is 0.242 e. The average molecular weight is 174 g/mol. The van der Waals surface area contributed by atoms with E-state index in [1.807, 2.05) is 0 Å². The molecule has 0 saturated carbocycles. The lowest BCUT2D eigenvalue weighted by molar-refractivity contribution is -0.136. The zero-order valence-corrected chi connectivity index (χ0v) is 7.34. The molecule has 0 aromatic carbocycles. The number of hydrogen-bond acceptors (Lipinski definition) is 2. The summed E-state index contributed by atoms with van der Waals surface area (Å²) in [5, 5.41) is 2.47. The van der Waals surface area contributed by atoms with Gasteiger partial charge in [0.1, 0.15) is 6.04 Å². The van der Waals surface area contributed by atoms with E-state index in [0.717, 1.165) is 0 Å². The number of rotatable bonds is 2. The molecule has 0 bridgehead atoms. The summed E-state index contributed by atoms with van der Waals surface area (Å²) in [6.07, 6.45) is 0. The Morgan fingerprint density at radius 2 is 1.83 bits per heavy atom. The lowest BCUT2D eigenvalue weighted by Crippen LogP contribution is -2.43. The van der Waals surface area contributed by atoms with Crippen LogP contribution in [0.1, 0.15) is 21.3 Å². The molecule has 0 aliphatic carbocycles. The van der Waals surface area contributed by atoms with Crippen LogP contribution in [0.4, 0.5) is 0 Å². The molecule has 1 unspecified atom stereocenters. The smallest absolute Gasteiger partial charge is 0.242 e. The van der Waals surface area contributed by atoms with Crippen LogP contribution < -0.4 is 5.32 Å². The molecule has 0 aliphatic heterocycles. The Morgan fingerprint density at radius 1 is 1.42 bits per heavy atom. The van der Waals surface area contributed by atoms with Crippen LogP contribution in [0.3, 0.4) is 0 Å². The summed E-state index contributed by atoms with van der Waals surface area (Å²) in [4.78, 5) is 23.1. The van der Waals surface area contributed by atoms with E-state index < -0.39 is 6.04 Å². The third kappa shape index (κ3) is 3.37. The first kappa shape index (κ1) is 13.5. The molecule has 0 aromatic rings. The molecule has 0 aromatic heterocycles. The summed E-state index contributed by atoms with van der Waals surface area (Å²) in [5.41, 5.74) is 0. The fraction of sp³-hybridized carbons (Fsp3) is 0.750. The van der Waals surface area contributed by atoms with E-state index in [2.05, 4.69) is 5.32 Å². The standard InChI is InChI=1S/C7H14N2O2.CH4/c1-5(7(11)8-3)9(4)6(2)10;/h5H,1-4H3,(H,8,11);1H4. The van der Waals surface area contributed by atoms with Crippen LogP contribution in [0.5, 0.6) is 0 Å². The van der Waals surface area contributed by atoms with Crippen LogP contribution in [-0.4, -0.2) is 36.9 Å². The maximum atomic E-state index is 11.0. The first-order chi connectivity index (χ1) is 5.00. The van der Waals surface area contributed by atoms with Gasteiger partial charge in [0.25, 0.3) is 0 Å². The summed E-state index contributed by atoms with van der Waals surface area (Å²) in [5.74, 6) is -0.260. The molecule has 0 aliphatic rings. The van der Waals surface area contributed by atoms with Gasteiger partial charge in [-0.1, -0.05) is 7.43 Å². The minimum absolute atomic E-state index is 0. The van der Waals surface area contributed by atoms with E-state index in [-0.39, 0.29) is 19.2 Å². The number of hydrogen-bond donors (Lipinski definition) is 1. The van der Waals surface area contributed by atoms with Crippen LogP contribution in [0, 0.1) is 0 Å².